The summed E-state index contributed by atoms with van der Waals surface area (Å²) in [5, 5.41) is 11.2. The van der Waals surface area contributed by atoms with Crippen LogP contribution in [0.4, 0.5) is 0 Å². The molecule has 0 bridgehead atoms. The Bertz CT molecular complexity index is 1080. The lowest BCUT2D eigenvalue weighted by Crippen LogP contribution is -2.32. The van der Waals surface area contributed by atoms with Crippen molar-refractivity contribution in [1.29, 1.82) is 0 Å². The van der Waals surface area contributed by atoms with E-state index in [0.29, 0.717) is 48.2 Å². The van der Waals surface area contributed by atoms with E-state index in [-0.39, 0.29) is 24.5 Å². The average molecular weight is 468 g/mol. The second-order valence-corrected chi connectivity index (χ2v) is 8.11. The Kier molecular flexibility index (Phi) is 7.37. The molecule has 1 atom stereocenters. The normalized spacial score (nSPS) is 18.9. The molecule has 1 amide bonds. The van der Waals surface area contributed by atoms with Crippen LogP contribution in [0.2, 0.25) is 0 Å². The van der Waals surface area contributed by atoms with Crippen LogP contribution in [0.3, 0.4) is 0 Å². The molecule has 0 aromatic heterocycles. The van der Waals surface area contributed by atoms with E-state index >= 15 is 0 Å². The Morgan fingerprint density at radius 3 is 2.50 bits per heavy atom. The number of nitrogens with zero attached hydrogens (tertiary/aromatic N) is 1. The zero-order valence-corrected chi connectivity index (χ0v) is 19.4. The second-order valence-electron chi connectivity index (χ2n) is 8.11. The number of hydrogen-bond donors (Lipinski definition) is 1. The lowest BCUT2D eigenvalue weighted by Gasteiger charge is -2.25. The fraction of sp³-hybridized carbons (Fsp3) is 0.385. The van der Waals surface area contributed by atoms with E-state index in [2.05, 4.69) is 6.92 Å². The van der Waals surface area contributed by atoms with Crippen molar-refractivity contribution in [1.82, 2.24) is 4.90 Å². The molecule has 8 nitrogen and oxygen atoms in total. The molecule has 1 N–H and O–H groups in total. The topological polar surface area (TPSA) is 94.5 Å². The summed E-state index contributed by atoms with van der Waals surface area (Å²) in [6.45, 7) is 4.01. The quantitative estimate of drug-likeness (QED) is 0.260. The lowest BCUT2D eigenvalue weighted by atomic mass is 9.95. The van der Waals surface area contributed by atoms with Gasteiger partial charge in [0.05, 0.1) is 24.8 Å². The summed E-state index contributed by atoms with van der Waals surface area (Å²) in [6.07, 6.45) is 1.99. The van der Waals surface area contributed by atoms with Gasteiger partial charge in [-0.3, -0.25) is 9.59 Å². The van der Waals surface area contributed by atoms with Crippen LogP contribution in [0, 0.1) is 0 Å². The van der Waals surface area contributed by atoms with E-state index in [1.807, 2.05) is 24.3 Å². The van der Waals surface area contributed by atoms with Crippen LogP contribution in [-0.4, -0.2) is 61.8 Å². The highest BCUT2D eigenvalue weighted by molar-refractivity contribution is 6.46. The number of ketones is 1. The Balaban J connectivity index is 1.73. The van der Waals surface area contributed by atoms with Crippen molar-refractivity contribution < 1.29 is 33.6 Å². The van der Waals surface area contributed by atoms with Gasteiger partial charge in [-0.05, 0) is 42.3 Å². The lowest BCUT2D eigenvalue weighted by molar-refractivity contribution is -0.140. The first-order chi connectivity index (χ1) is 16.5. The average Bonchev–Trinajstić information content (AvgIpc) is 3.12. The molecule has 2 aliphatic rings. The molecule has 0 aliphatic carbocycles. The number of ether oxygens (including phenoxy) is 4. The van der Waals surface area contributed by atoms with Crippen LogP contribution >= 0.6 is 0 Å². The minimum absolute atomic E-state index is 0.0254. The Labute approximate surface area is 198 Å². The molecule has 8 heteroatoms. The number of benzene rings is 2. The number of methoxy groups -OCH3 is 1. The van der Waals surface area contributed by atoms with Crippen molar-refractivity contribution in [3.63, 3.8) is 0 Å². The van der Waals surface area contributed by atoms with Gasteiger partial charge in [0, 0.05) is 19.2 Å². The van der Waals surface area contributed by atoms with Crippen molar-refractivity contribution in [2.24, 2.45) is 0 Å². The van der Waals surface area contributed by atoms with Crippen LogP contribution in [0.25, 0.3) is 5.76 Å². The largest absolute Gasteiger partial charge is 0.507 e. The van der Waals surface area contributed by atoms with Crippen molar-refractivity contribution in [3.8, 4) is 17.2 Å². The van der Waals surface area contributed by atoms with Crippen LogP contribution in [0.15, 0.2) is 48.0 Å². The highest BCUT2D eigenvalue weighted by atomic mass is 16.6. The minimum Gasteiger partial charge on any atom is -0.507 e. The Morgan fingerprint density at radius 2 is 1.79 bits per heavy atom. The number of aliphatic hydroxyl groups is 1. The van der Waals surface area contributed by atoms with Crippen LogP contribution in [-0.2, 0) is 14.3 Å². The van der Waals surface area contributed by atoms with Gasteiger partial charge in [0.15, 0.2) is 11.5 Å². The van der Waals surface area contributed by atoms with Crippen LogP contribution in [0.5, 0.6) is 17.2 Å². The summed E-state index contributed by atoms with van der Waals surface area (Å²) < 4.78 is 22.0. The fourth-order valence-corrected chi connectivity index (χ4v) is 4.07. The summed E-state index contributed by atoms with van der Waals surface area (Å²) in [4.78, 5) is 27.4. The maximum atomic E-state index is 13.1. The molecule has 0 saturated carbocycles. The molecular formula is C26H29NO7. The molecule has 0 spiro atoms. The van der Waals surface area contributed by atoms with E-state index < -0.39 is 17.7 Å². The number of rotatable bonds is 9. The Morgan fingerprint density at radius 1 is 1.06 bits per heavy atom. The molecule has 1 saturated heterocycles. The number of Topliss-reactive ketones (excluding diaryl/α,β-unsaturated/α-hetero) is 1. The first-order valence-corrected chi connectivity index (χ1v) is 11.4. The van der Waals surface area contributed by atoms with E-state index in [9.17, 15) is 14.7 Å². The highest BCUT2D eigenvalue weighted by Gasteiger charge is 2.46. The predicted molar refractivity (Wildman–Crippen MR) is 125 cm³/mol. The zero-order chi connectivity index (χ0) is 24.1. The maximum Gasteiger partial charge on any atom is 0.295 e. The first kappa shape index (κ1) is 23.6. The molecule has 2 aromatic rings. The molecule has 180 valence electrons. The van der Waals surface area contributed by atoms with Gasteiger partial charge < -0.3 is 29.0 Å². The van der Waals surface area contributed by atoms with Crippen molar-refractivity contribution in [2.75, 3.05) is 40.1 Å². The monoisotopic (exact) mass is 467 g/mol. The number of fused-ring (bicyclic) bond motifs is 1. The molecule has 0 unspecified atom stereocenters. The third-order valence-electron chi connectivity index (χ3n) is 5.85. The molecule has 2 aromatic carbocycles. The summed E-state index contributed by atoms with van der Waals surface area (Å²) >= 11 is 0. The first-order valence-electron chi connectivity index (χ1n) is 11.4. The van der Waals surface area contributed by atoms with E-state index in [1.165, 1.54) is 12.0 Å². The number of hydrogen-bond acceptors (Lipinski definition) is 7. The highest BCUT2D eigenvalue weighted by Crippen LogP contribution is 2.41. The van der Waals surface area contributed by atoms with Crippen molar-refractivity contribution in [2.45, 2.75) is 25.8 Å². The molecular weight excluding hydrogens is 438 g/mol. The third kappa shape index (κ3) is 4.72. The fourth-order valence-electron chi connectivity index (χ4n) is 4.07. The van der Waals surface area contributed by atoms with Gasteiger partial charge in [-0.25, -0.2) is 0 Å². The van der Waals surface area contributed by atoms with Gasteiger partial charge in [0.1, 0.15) is 24.7 Å². The SMILES string of the molecule is CCCCOc1ccc([C@H]2C(=C(O)c3ccc4c(c3)OCCO4)C(=O)C(=O)N2CCOC)cc1. The third-order valence-corrected chi connectivity index (χ3v) is 5.85. The molecule has 1 fully saturated rings. The summed E-state index contributed by atoms with van der Waals surface area (Å²) in [7, 11) is 1.53. The van der Waals surface area contributed by atoms with Gasteiger partial charge in [-0.1, -0.05) is 25.5 Å². The number of likely N-dealkylation sites (tertiary alicyclic amines) is 1. The summed E-state index contributed by atoms with van der Waals surface area (Å²) in [5.41, 5.74) is 1.09. The van der Waals surface area contributed by atoms with Gasteiger partial charge in [-0.2, -0.15) is 0 Å². The zero-order valence-electron chi connectivity index (χ0n) is 19.4. The van der Waals surface area contributed by atoms with E-state index in [1.54, 1.807) is 18.2 Å². The van der Waals surface area contributed by atoms with Gasteiger partial charge in [0.25, 0.3) is 11.7 Å². The predicted octanol–water partition coefficient (Wildman–Crippen LogP) is 3.70. The molecule has 4 rings (SSSR count). The molecule has 2 heterocycles. The van der Waals surface area contributed by atoms with Gasteiger partial charge >= 0.3 is 0 Å². The van der Waals surface area contributed by atoms with Crippen LogP contribution in [0.1, 0.15) is 36.9 Å². The molecule has 2 aliphatic heterocycles. The Hall–Kier alpha value is -3.52. The van der Waals surface area contributed by atoms with Crippen molar-refractivity contribution in [3.05, 3.63) is 59.2 Å². The number of carbonyl (C=O) groups is 2. The number of amides is 1. The van der Waals surface area contributed by atoms with Crippen molar-refractivity contribution >= 4 is 17.4 Å². The molecule has 34 heavy (non-hydrogen) atoms. The number of aliphatic hydroxyl groups excluding tert-OH is 1. The van der Waals surface area contributed by atoms with E-state index in [4.69, 9.17) is 18.9 Å². The standard InChI is InChI=1S/C26H29NO7/c1-3-4-12-32-19-8-5-17(6-9-19)23-22(25(29)26(30)27(23)11-13-31-2)24(28)18-7-10-20-21(16-18)34-15-14-33-20/h5-10,16,23,28H,3-4,11-15H2,1-2H3/t23-/m0/s1. The second kappa shape index (κ2) is 10.6. The van der Waals surface area contributed by atoms with Gasteiger partial charge in [0.2, 0.25) is 0 Å². The summed E-state index contributed by atoms with van der Waals surface area (Å²) in [5.74, 6) is 0.0789. The smallest absolute Gasteiger partial charge is 0.295 e. The van der Waals surface area contributed by atoms with Crippen LogP contribution < -0.4 is 14.2 Å². The number of carbonyl (C=O) groups excluding carboxylic acids is 2. The minimum atomic E-state index is -0.756. The van der Waals surface area contributed by atoms with Gasteiger partial charge in [-0.15, -0.1) is 0 Å². The molecule has 0 radical (unpaired) electrons. The summed E-state index contributed by atoms with van der Waals surface area (Å²) in [6, 6.07) is 11.4. The maximum absolute atomic E-state index is 13.1. The number of unbranched alkanes of at least 4 members (excludes halogenated alkanes) is 1. The van der Waals surface area contributed by atoms with E-state index in [0.717, 1.165) is 12.8 Å².